The van der Waals surface area contributed by atoms with Gasteiger partial charge in [-0.2, -0.15) is 9.97 Å². The highest BCUT2D eigenvalue weighted by Gasteiger charge is 2.19. The summed E-state index contributed by atoms with van der Waals surface area (Å²) in [6.07, 6.45) is 0. The van der Waals surface area contributed by atoms with Crippen LogP contribution in [0.25, 0.3) is 105 Å². The number of fused-ring (bicyclic) bond motifs is 12. The Morgan fingerprint density at radius 1 is 0.420 bits per heavy atom. The van der Waals surface area contributed by atoms with Gasteiger partial charge in [0, 0.05) is 32.7 Å². The van der Waals surface area contributed by atoms with E-state index in [0.29, 0.717) is 16.7 Å². The maximum atomic E-state index is 9.10. The van der Waals surface area contributed by atoms with Crippen molar-refractivity contribution in [2.24, 2.45) is 0 Å². The van der Waals surface area contributed by atoms with Crippen molar-refractivity contribution >= 4 is 76.1 Å². The van der Waals surface area contributed by atoms with Gasteiger partial charge in [-0.25, -0.2) is 4.98 Å². The van der Waals surface area contributed by atoms with Crippen LogP contribution in [0.2, 0.25) is 0 Å². The summed E-state index contributed by atoms with van der Waals surface area (Å²) in [6, 6.07) is 31.9. The predicted molar refractivity (Wildman–Crippen MR) is 205 cm³/mol. The number of furan rings is 1. The number of benzene rings is 8. The van der Waals surface area contributed by atoms with Gasteiger partial charge in [-0.1, -0.05) is 121 Å². The van der Waals surface area contributed by atoms with Crippen molar-refractivity contribution < 1.29 is 15.4 Å². The third kappa shape index (κ3) is 3.92. The molecule has 3 heterocycles. The van der Waals surface area contributed by atoms with Crippen LogP contribution in [0.1, 0.15) is 11.0 Å². The van der Waals surface area contributed by atoms with Gasteiger partial charge in [0.2, 0.25) is 5.95 Å². The van der Waals surface area contributed by atoms with Gasteiger partial charge < -0.3 is 4.42 Å². The minimum atomic E-state index is -0.532. The molecule has 0 N–H and O–H groups in total. The molecule has 5 nitrogen and oxygen atoms in total. The van der Waals surface area contributed by atoms with Crippen LogP contribution in [-0.4, -0.2) is 19.5 Å². The summed E-state index contributed by atoms with van der Waals surface area (Å²) in [7, 11) is 0. The molecule has 0 unspecified atom stereocenters. The highest BCUT2D eigenvalue weighted by atomic mass is 16.3. The fourth-order valence-electron chi connectivity index (χ4n) is 7.26. The Labute approximate surface area is 296 Å². The zero-order valence-electron chi connectivity index (χ0n) is 34.1. The van der Waals surface area contributed by atoms with Gasteiger partial charge in [0.1, 0.15) is 11.2 Å². The molecular weight excluding hydrogens is 613 g/mol. The van der Waals surface area contributed by atoms with Crippen LogP contribution in [0.15, 0.2) is 162 Å². The third-order valence-electron chi connectivity index (χ3n) is 9.50. The summed E-state index contributed by atoms with van der Waals surface area (Å²) in [4.78, 5) is 14.9. The van der Waals surface area contributed by atoms with Gasteiger partial charge in [0.15, 0.2) is 11.6 Å². The second-order valence-corrected chi connectivity index (χ2v) is 12.2. The third-order valence-corrected chi connectivity index (χ3v) is 9.50. The highest BCUT2D eigenvalue weighted by Crippen LogP contribution is 2.38. The molecule has 0 saturated carbocycles. The first-order valence-corrected chi connectivity index (χ1v) is 16.1. The standard InChI is InChI=1S/C45H26N4O/c1-2-13-31-29(11-1)30-12-3-4-14-32(30)38-25-27(21-23-33(31)38)43-46-44(28-22-24-37-36-17-7-10-20-41(36)50-42(37)26-28)48-45(47-43)49-39-18-8-5-15-34(39)35-16-6-9-19-40(35)49/h1-26H/i5D,6D,8D,9D,15D,16D,18D,19D. The number of hydrogen-bond donors (Lipinski definition) is 0. The Balaban J connectivity index is 1.26. The van der Waals surface area contributed by atoms with Gasteiger partial charge in [0.05, 0.1) is 22.0 Å². The maximum absolute atomic E-state index is 9.10. The fourth-order valence-corrected chi connectivity index (χ4v) is 7.26. The minimum absolute atomic E-state index is 0.0655. The van der Waals surface area contributed by atoms with E-state index in [4.69, 9.17) is 30.3 Å². The fraction of sp³-hybridized carbons (Fsp3) is 0. The van der Waals surface area contributed by atoms with Crippen molar-refractivity contribution in [3.63, 3.8) is 0 Å². The SMILES string of the molecule is [2H]c1c([2H])c([2H])c2c(c1[2H])c1c([2H])c([2H])c([2H])c([2H])c1n2-c1nc(-c2ccc3c(c2)oc2ccccc23)nc(-c2ccc3c4ccccc4c4ccccc4c3c2)n1. The maximum Gasteiger partial charge on any atom is 0.238 e. The van der Waals surface area contributed by atoms with E-state index in [9.17, 15) is 0 Å². The van der Waals surface area contributed by atoms with E-state index >= 15 is 0 Å². The van der Waals surface area contributed by atoms with E-state index in [2.05, 4.69) is 24.3 Å². The second kappa shape index (κ2) is 10.3. The lowest BCUT2D eigenvalue weighted by Gasteiger charge is -2.13. The van der Waals surface area contributed by atoms with Crippen LogP contribution >= 0.6 is 0 Å². The zero-order chi connectivity index (χ0) is 39.7. The van der Waals surface area contributed by atoms with Gasteiger partial charge >= 0.3 is 0 Å². The van der Waals surface area contributed by atoms with Crippen LogP contribution in [-0.2, 0) is 0 Å². The Bertz CT molecular complexity index is 3520. The van der Waals surface area contributed by atoms with Crippen LogP contribution in [0, 0.1) is 0 Å². The molecule has 0 aliphatic rings. The number of hydrogen-bond acceptors (Lipinski definition) is 4. The van der Waals surface area contributed by atoms with Gasteiger partial charge in [-0.05, 0) is 68.7 Å². The van der Waals surface area contributed by atoms with Crippen LogP contribution in [0.3, 0.4) is 0 Å². The molecule has 5 heteroatoms. The summed E-state index contributed by atoms with van der Waals surface area (Å²) in [6.45, 7) is 0. The van der Waals surface area contributed by atoms with Gasteiger partial charge in [-0.15, -0.1) is 0 Å². The van der Waals surface area contributed by atoms with Crippen molar-refractivity contribution in [1.29, 1.82) is 0 Å². The molecule has 0 bridgehead atoms. The van der Waals surface area contributed by atoms with Crippen LogP contribution in [0.4, 0.5) is 0 Å². The first kappa shape index (κ1) is 20.5. The van der Waals surface area contributed by atoms with E-state index in [1.165, 1.54) is 4.57 Å². The van der Waals surface area contributed by atoms with E-state index in [1.54, 1.807) is 0 Å². The second-order valence-electron chi connectivity index (χ2n) is 12.2. The molecule has 0 radical (unpaired) electrons. The predicted octanol–water partition coefficient (Wildman–Crippen LogP) is 11.7. The van der Waals surface area contributed by atoms with E-state index in [1.807, 2.05) is 84.9 Å². The average Bonchev–Trinajstić information content (AvgIpc) is 3.82. The Morgan fingerprint density at radius 3 is 1.54 bits per heavy atom. The first-order chi connectivity index (χ1) is 28.1. The van der Waals surface area contributed by atoms with Crippen molar-refractivity contribution in [3.05, 3.63) is 158 Å². The molecular formula is C45H26N4O. The van der Waals surface area contributed by atoms with Gasteiger partial charge in [0.25, 0.3) is 0 Å². The number of rotatable bonds is 3. The quantitative estimate of drug-likeness (QED) is 0.179. The summed E-state index contributed by atoms with van der Waals surface area (Å²) in [5.74, 6) is 0.353. The molecule has 0 saturated heterocycles. The highest BCUT2D eigenvalue weighted by molar-refractivity contribution is 6.25. The lowest BCUT2D eigenvalue weighted by molar-refractivity contribution is 0.669. The smallest absolute Gasteiger partial charge is 0.238 e. The lowest BCUT2D eigenvalue weighted by Crippen LogP contribution is -2.06. The van der Waals surface area contributed by atoms with E-state index in [-0.39, 0.29) is 39.4 Å². The van der Waals surface area contributed by atoms with E-state index in [0.717, 1.165) is 48.7 Å². The van der Waals surface area contributed by atoms with Crippen LogP contribution < -0.4 is 0 Å². The van der Waals surface area contributed by atoms with Crippen molar-refractivity contribution in [3.8, 4) is 28.7 Å². The van der Waals surface area contributed by atoms with E-state index < -0.39 is 48.3 Å². The van der Waals surface area contributed by atoms with Crippen molar-refractivity contribution in [2.75, 3.05) is 0 Å². The number of aromatic nitrogens is 4. The average molecular weight is 647 g/mol. The molecule has 0 spiro atoms. The Hall–Kier alpha value is -6.85. The summed E-state index contributed by atoms with van der Waals surface area (Å²) < 4.78 is 77.9. The summed E-state index contributed by atoms with van der Waals surface area (Å²) >= 11 is 0. The lowest BCUT2D eigenvalue weighted by atomic mass is 9.93. The molecule has 0 atom stereocenters. The molecule has 0 aliphatic carbocycles. The molecule has 0 amide bonds. The Morgan fingerprint density at radius 2 is 0.900 bits per heavy atom. The number of para-hydroxylation sites is 3. The minimum Gasteiger partial charge on any atom is -0.456 e. The van der Waals surface area contributed by atoms with Crippen molar-refractivity contribution in [1.82, 2.24) is 19.5 Å². The van der Waals surface area contributed by atoms with Crippen molar-refractivity contribution in [2.45, 2.75) is 0 Å². The topological polar surface area (TPSA) is 56.7 Å². The molecule has 232 valence electrons. The molecule has 0 aliphatic heterocycles. The molecule has 0 fully saturated rings. The largest absolute Gasteiger partial charge is 0.456 e. The first-order valence-electron chi connectivity index (χ1n) is 20.1. The van der Waals surface area contributed by atoms with Gasteiger partial charge in [-0.3, -0.25) is 4.57 Å². The molecule has 3 aromatic heterocycles. The van der Waals surface area contributed by atoms with Crippen LogP contribution in [0.5, 0.6) is 0 Å². The zero-order valence-corrected chi connectivity index (χ0v) is 26.1. The summed E-state index contributed by atoms with van der Waals surface area (Å²) in [5, 5.41) is 8.08. The monoisotopic (exact) mass is 646 g/mol. The normalized spacial score (nSPS) is 14.2. The summed E-state index contributed by atoms with van der Waals surface area (Å²) in [5.41, 5.74) is 2.35. The Kier molecular flexibility index (Phi) is 4.23. The molecule has 11 aromatic rings. The molecule has 8 aromatic carbocycles. The molecule has 50 heavy (non-hydrogen) atoms. The number of nitrogens with zero attached hydrogens (tertiary/aromatic N) is 4. The molecule has 11 rings (SSSR count).